The van der Waals surface area contributed by atoms with Crippen LogP contribution in [0.25, 0.3) is 0 Å². The van der Waals surface area contributed by atoms with Gasteiger partial charge in [0.1, 0.15) is 6.04 Å². The van der Waals surface area contributed by atoms with Crippen molar-refractivity contribution in [3.63, 3.8) is 0 Å². The minimum Gasteiger partial charge on any atom is -0.464 e. The first kappa shape index (κ1) is 25.3. The number of likely N-dealkylation sites (tertiary alicyclic amines) is 2. The summed E-state index contributed by atoms with van der Waals surface area (Å²) in [5, 5.41) is 0. The lowest BCUT2D eigenvalue weighted by Crippen LogP contribution is -2.48. The fourth-order valence-electron chi connectivity index (χ4n) is 4.37. The van der Waals surface area contributed by atoms with Crippen LogP contribution in [0, 0.1) is 0 Å². The second kappa shape index (κ2) is 14.2. The lowest BCUT2D eigenvalue weighted by atomic mass is 10.0. The van der Waals surface area contributed by atoms with Crippen molar-refractivity contribution < 1.29 is 23.9 Å². The number of hydrogen-bond acceptors (Lipinski definition) is 5. The van der Waals surface area contributed by atoms with Gasteiger partial charge in [0, 0.05) is 32.4 Å². The topological polar surface area (TPSA) is 84.0 Å². The zero-order chi connectivity index (χ0) is 22.5. The van der Waals surface area contributed by atoms with Crippen LogP contribution in [0.2, 0.25) is 0 Å². The van der Waals surface area contributed by atoms with Crippen LogP contribution in [-0.2, 0) is 23.9 Å². The molecule has 2 fully saturated rings. The Morgan fingerprint density at radius 2 is 1.52 bits per heavy atom. The molecule has 0 aromatic rings. The van der Waals surface area contributed by atoms with Gasteiger partial charge in [-0.05, 0) is 38.5 Å². The van der Waals surface area contributed by atoms with E-state index >= 15 is 0 Å². The van der Waals surface area contributed by atoms with Crippen LogP contribution in [-0.4, -0.2) is 59.2 Å². The Balaban J connectivity index is 1.75. The summed E-state index contributed by atoms with van der Waals surface area (Å²) >= 11 is 0. The highest BCUT2D eigenvalue weighted by Crippen LogP contribution is 2.20. The molecule has 7 heteroatoms. The third kappa shape index (κ3) is 8.62. The van der Waals surface area contributed by atoms with Gasteiger partial charge in [-0.1, -0.05) is 45.4 Å². The van der Waals surface area contributed by atoms with Crippen molar-refractivity contribution in [2.24, 2.45) is 0 Å². The van der Waals surface area contributed by atoms with Crippen molar-refractivity contribution in [3.8, 4) is 0 Å². The lowest BCUT2D eigenvalue weighted by molar-refractivity contribution is -0.157. The molecule has 31 heavy (non-hydrogen) atoms. The highest BCUT2D eigenvalue weighted by molar-refractivity contribution is 6.01. The van der Waals surface area contributed by atoms with Gasteiger partial charge < -0.3 is 9.64 Å². The van der Waals surface area contributed by atoms with E-state index in [1.807, 2.05) is 0 Å². The molecule has 176 valence electrons. The number of ether oxygens (including phenoxy) is 1. The van der Waals surface area contributed by atoms with Crippen molar-refractivity contribution in [2.45, 2.75) is 109 Å². The molecule has 1 atom stereocenters. The number of piperidine rings is 1. The van der Waals surface area contributed by atoms with Crippen molar-refractivity contribution in [1.29, 1.82) is 0 Å². The van der Waals surface area contributed by atoms with Crippen molar-refractivity contribution in [2.75, 3.05) is 19.7 Å². The maximum Gasteiger partial charge on any atom is 0.328 e. The molecule has 2 saturated heterocycles. The summed E-state index contributed by atoms with van der Waals surface area (Å²) in [6.45, 7) is 3.60. The molecule has 0 radical (unpaired) electrons. The van der Waals surface area contributed by atoms with Crippen LogP contribution >= 0.6 is 0 Å². The SMILES string of the molecule is CCCCCCCCCOC(=O)C(CCCCN1C(=O)CCC1=O)N1CCCCC1=O. The van der Waals surface area contributed by atoms with E-state index in [2.05, 4.69) is 6.92 Å². The van der Waals surface area contributed by atoms with Gasteiger partial charge in [-0.3, -0.25) is 19.3 Å². The second-order valence-electron chi connectivity index (χ2n) is 8.78. The molecule has 0 N–H and O–H groups in total. The smallest absolute Gasteiger partial charge is 0.328 e. The second-order valence-corrected chi connectivity index (χ2v) is 8.78. The van der Waals surface area contributed by atoms with E-state index in [0.29, 0.717) is 58.2 Å². The number of carbonyl (C=O) groups is 4. The monoisotopic (exact) mass is 436 g/mol. The minimum atomic E-state index is -0.553. The number of nitrogens with zero attached hydrogens (tertiary/aromatic N) is 2. The fraction of sp³-hybridized carbons (Fsp3) is 0.833. The number of hydrogen-bond donors (Lipinski definition) is 0. The van der Waals surface area contributed by atoms with Crippen LogP contribution in [0.1, 0.15) is 103 Å². The Hall–Kier alpha value is -1.92. The first-order valence-corrected chi connectivity index (χ1v) is 12.3. The van der Waals surface area contributed by atoms with Gasteiger partial charge in [0.2, 0.25) is 17.7 Å². The predicted octanol–water partition coefficient (Wildman–Crippen LogP) is 3.98. The van der Waals surface area contributed by atoms with E-state index in [1.165, 1.54) is 37.0 Å². The third-order valence-corrected chi connectivity index (χ3v) is 6.26. The average molecular weight is 437 g/mol. The van der Waals surface area contributed by atoms with Gasteiger partial charge in [0.25, 0.3) is 0 Å². The zero-order valence-electron chi connectivity index (χ0n) is 19.2. The van der Waals surface area contributed by atoms with Gasteiger partial charge in [0.05, 0.1) is 6.61 Å². The summed E-state index contributed by atoms with van der Waals surface area (Å²) in [6, 6.07) is -0.553. The summed E-state index contributed by atoms with van der Waals surface area (Å²) in [6.07, 6.45) is 12.8. The number of amides is 3. The summed E-state index contributed by atoms with van der Waals surface area (Å²) in [5.74, 6) is -0.507. The fourth-order valence-corrected chi connectivity index (χ4v) is 4.37. The highest BCUT2D eigenvalue weighted by Gasteiger charge is 2.32. The summed E-state index contributed by atoms with van der Waals surface area (Å²) in [4.78, 5) is 51.6. The predicted molar refractivity (Wildman–Crippen MR) is 118 cm³/mol. The van der Waals surface area contributed by atoms with Crippen molar-refractivity contribution >= 4 is 23.7 Å². The van der Waals surface area contributed by atoms with Crippen molar-refractivity contribution in [1.82, 2.24) is 9.80 Å². The molecule has 0 spiro atoms. The molecule has 0 aliphatic carbocycles. The molecule has 2 aliphatic heterocycles. The maximum atomic E-state index is 12.8. The normalized spacial score (nSPS) is 18.0. The number of rotatable bonds is 15. The summed E-state index contributed by atoms with van der Waals surface area (Å²) in [7, 11) is 0. The molecule has 0 aromatic carbocycles. The first-order valence-electron chi connectivity index (χ1n) is 12.3. The van der Waals surface area contributed by atoms with Gasteiger partial charge in [0.15, 0.2) is 0 Å². The van der Waals surface area contributed by atoms with E-state index < -0.39 is 6.04 Å². The third-order valence-electron chi connectivity index (χ3n) is 6.26. The standard InChI is InChI=1S/C24H40N2O5/c1-2-3-4-5-6-7-12-19-31-24(30)20(25-17-11-9-14-21(25)27)13-8-10-18-26-22(28)15-16-23(26)29/h20H,2-19H2,1H3. The Kier molecular flexibility index (Phi) is 11.6. The number of carbonyl (C=O) groups excluding carboxylic acids is 4. The number of imide groups is 1. The molecule has 7 nitrogen and oxygen atoms in total. The molecule has 2 heterocycles. The highest BCUT2D eigenvalue weighted by atomic mass is 16.5. The van der Waals surface area contributed by atoms with Gasteiger partial charge in [-0.2, -0.15) is 0 Å². The Morgan fingerprint density at radius 3 is 2.19 bits per heavy atom. The Morgan fingerprint density at radius 1 is 0.839 bits per heavy atom. The van der Waals surface area contributed by atoms with E-state index in [4.69, 9.17) is 4.74 Å². The number of unbranched alkanes of at least 4 members (excludes halogenated alkanes) is 7. The molecule has 0 saturated carbocycles. The van der Waals surface area contributed by atoms with E-state index in [0.717, 1.165) is 25.7 Å². The van der Waals surface area contributed by atoms with E-state index in [1.54, 1.807) is 4.90 Å². The first-order chi connectivity index (χ1) is 15.0. The van der Waals surface area contributed by atoms with Crippen LogP contribution in [0.4, 0.5) is 0 Å². The van der Waals surface area contributed by atoms with Crippen LogP contribution in [0.3, 0.4) is 0 Å². The van der Waals surface area contributed by atoms with Gasteiger partial charge in [-0.25, -0.2) is 4.79 Å². The molecule has 2 aliphatic rings. The summed E-state index contributed by atoms with van der Waals surface area (Å²) < 4.78 is 5.55. The molecule has 3 amide bonds. The molecular weight excluding hydrogens is 396 g/mol. The number of esters is 1. The minimum absolute atomic E-state index is 0.0222. The summed E-state index contributed by atoms with van der Waals surface area (Å²) in [5.41, 5.74) is 0. The molecule has 2 rings (SSSR count). The van der Waals surface area contributed by atoms with Crippen LogP contribution in [0.15, 0.2) is 0 Å². The van der Waals surface area contributed by atoms with Crippen molar-refractivity contribution in [3.05, 3.63) is 0 Å². The molecule has 0 aromatic heterocycles. The largest absolute Gasteiger partial charge is 0.464 e. The van der Waals surface area contributed by atoms with E-state index in [9.17, 15) is 19.2 Å². The lowest BCUT2D eigenvalue weighted by Gasteiger charge is -2.33. The molecule has 1 unspecified atom stereocenters. The zero-order valence-corrected chi connectivity index (χ0v) is 19.2. The van der Waals surface area contributed by atoms with Crippen LogP contribution < -0.4 is 0 Å². The van der Waals surface area contributed by atoms with Crippen LogP contribution in [0.5, 0.6) is 0 Å². The quantitative estimate of drug-likeness (QED) is 0.220. The van der Waals surface area contributed by atoms with Gasteiger partial charge in [-0.15, -0.1) is 0 Å². The Labute approximate surface area is 186 Å². The molecular formula is C24H40N2O5. The van der Waals surface area contributed by atoms with E-state index in [-0.39, 0.29) is 23.7 Å². The van der Waals surface area contributed by atoms with Gasteiger partial charge >= 0.3 is 5.97 Å². The Bertz CT molecular complexity index is 591. The molecule has 0 bridgehead atoms. The average Bonchev–Trinajstić information content (AvgIpc) is 3.08. The maximum absolute atomic E-state index is 12.8.